The highest BCUT2D eigenvalue weighted by Gasteiger charge is 2.00. The molecule has 0 aliphatic carbocycles. The van der Waals surface area contributed by atoms with Gasteiger partial charge in [0.2, 0.25) is 0 Å². The van der Waals surface area contributed by atoms with Crippen molar-refractivity contribution in [2.75, 3.05) is 19.7 Å². The molecule has 0 aliphatic heterocycles. The van der Waals surface area contributed by atoms with Crippen LogP contribution in [0.1, 0.15) is 5.56 Å². The Morgan fingerprint density at radius 3 is 3.07 bits per heavy atom. The van der Waals surface area contributed by atoms with E-state index >= 15 is 0 Å². The molecule has 0 radical (unpaired) electrons. The fourth-order valence-electron chi connectivity index (χ4n) is 1.11. The van der Waals surface area contributed by atoms with Crippen LogP contribution in [0.4, 0.5) is 0 Å². The topological polar surface area (TPSA) is 21.3 Å². The number of rotatable bonds is 5. The van der Waals surface area contributed by atoms with Crippen LogP contribution in [-0.2, 0) is 0 Å². The maximum atomic E-state index is 5.96. The molecule has 0 bridgehead atoms. The van der Waals surface area contributed by atoms with Gasteiger partial charge in [-0.1, -0.05) is 23.6 Å². The van der Waals surface area contributed by atoms with Crippen LogP contribution < -0.4 is 10.1 Å². The summed E-state index contributed by atoms with van der Waals surface area (Å²) >= 11 is 5.96. The van der Waals surface area contributed by atoms with Gasteiger partial charge in [-0.2, -0.15) is 0 Å². The number of nitrogens with one attached hydrogen (secondary N) is 1. The minimum Gasteiger partial charge on any atom is -0.491 e. The van der Waals surface area contributed by atoms with Crippen molar-refractivity contribution in [1.82, 2.24) is 5.32 Å². The van der Waals surface area contributed by atoms with Crippen molar-refractivity contribution in [3.63, 3.8) is 0 Å². The Kier molecular flexibility index (Phi) is 5.03. The third kappa shape index (κ3) is 4.24. The summed E-state index contributed by atoms with van der Waals surface area (Å²) in [6, 6.07) is 5.70. The second kappa shape index (κ2) is 6.34. The average molecular weight is 224 g/mol. The van der Waals surface area contributed by atoms with Gasteiger partial charge in [0.1, 0.15) is 12.4 Å². The zero-order valence-corrected chi connectivity index (χ0v) is 9.47. The third-order valence-corrected chi connectivity index (χ3v) is 2.16. The molecule has 0 unspecified atom stereocenters. The molecule has 1 N–H and O–H groups in total. The Bertz CT molecular complexity index is 357. The number of benzene rings is 1. The van der Waals surface area contributed by atoms with Gasteiger partial charge in [0.15, 0.2) is 0 Å². The van der Waals surface area contributed by atoms with Crippen LogP contribution in [0.5, 0.6) is 5.75 Å². The summed E-state index contributed by atoms with van der Waals surface area (Å²) in [4.78, 5) is 0. The molecule has 0 aliphatic rings. The predicted octanol–water partition coefficient (Wildman–Crippen LogP) is 2.25. The van der Waals surface area contributed by atoms with Crippen LogP contribution in [0.2, 0.25) is 5.02 Å². The van der Waals surface area contributed by atoms with Crippen molar-refractivity contribution in [3.8, 4) is 18.1 Å². The van der Waals surface area contributed by atoms with E-state index < -0.39 is 0 Å². The van der Waals surface area contributed by atoms with E-state index in [1.807, 2.05) is 25.1 Å². The smallest absolute Gasteiger partial charge is 0.138 e. The largest absolute Gasteiger partial charge is 0.491 e. The highest BCUT2D eigenvalue weighted by Crippen LogP contribution is 2.24. The quantitative estimate of drug-likeness (QED) is 0.611. The Morgan fingerprint density at radius 2 is 2.33 bits per heavy atom. The summed E-state index contributed by atoms with van der Waals surface area (Å²) in [5.74, 6) is 3.22. The van der Waals surface area contributed by atoms with Crippen LogP contribution in [0.3, 0.4) is 0 Å². The lowest BCUT2D eigenvalue weighted by atomic mass is 10.2. The number of hydrogen-bond acceptors (Lipinski definition) is 2. The normalized spacial score (nSPS) is 9.67. The molecular formula is C12H14ClNO. The Hall–Kier alpha value is -1.17. The van der Waals surface area contributed by atoms with E-state index in [4.69, 9.17) is 22.8 Å². The minimum absolute atomic E-state index is 0.560. The summed E-state index contributed by atoms with van der Waals surface area (Å²) in [5, 5.41) is 3.67. The Morgan fingerprint density at radius 1 is 1.53 bits per heavy atom. The van der Waals surface area contributed by atoms with Gasteiger partial charge in [-0.05, 0) is 24.6 Å². The molecule has 1 aromatic rings. The molecule has 0 saturated carbocycles. The predicted molar refractivity (Wildman–Crippen MR) is 63.4 cm³/mol. The Labute approximate surface area is 95.6 Å². The lowest BCUT2D eigenvalue weighted by molar-refractivity contribution is 0.317. The van der Waals surface area contributed by atoms with Crippen molar-refractivity contribution in [3.05, 3.63) is 28.8 Å². The van der Waals surface area contributed by atoms with Crippen molar-refractivity contribution < 1.29 is 4.74 Å². The molecule has 0 amide bonds. The van der Waals surface area contributed by atoms with Crippen LogP contribution >= 0.6 is 11.6 Å². The van der Waals surface area contributed by atoms with Gasteiger partial charge in [0.25, 0.3) is 0 Å². The molecule has 0 aromatic heterocycles. The molecule has 1 aromatic carbocycles. The summed E-state index contributed by atoms with van der Waals surface area (Å²) in [6.45, 7) is 3.84. The maximum absolute atomic E-state index is 5.96. The zero-order valence-electron chi connectivity index (χ0n) is 8.72. The number of halogens is 1. The van der Waals surface area contributed by atoms with E-state index in [1.54, 1.807) is 0 Å². The van der Waals surface area contributed by atoms with Gasteiger partial charge in [0.05, 0.1) is 11.6 Å². The SMILES string of the molecule is C#CCNCCOc1cc(C)ccc1Cl. The van der Waals surface area contributed by atoms with Gasteiger partial charge in [-0.25, -0.2) is 0 Å². The molecule has 0 heterocycles. The summed E-state index contributed by atoms with van der Waals surface area (Å²) in [6.07, 6.45) is 5.09. The maximum Gasteiger partial charge on any atom is 0.138 e. The highest BCUT2D eigenvalue weighted by atomic mass is 35.5. The zero-order chi connectivity index (χ0) is 11.1. The van der Waals surface area contributed by atoms with E-state index in [2.05, 4.69) is 11.2 Å². The van der Waals surface area contributed by atoms with Crippen molar-refractivity contribution in [2.24, 2.45) is 0 Å². The van der Waals surface area contributed by atoms with E-state index in [0.717, 1.165) is 11.3 Å². The molecular weight excluding hydrogens is 210 g/mol. The third-order valence-electron chi connectivity index (χ3n) is 1.85. The van der Waals surface area contributed by atoms with E-state index in [9.17, 15) is 0 Å². The highest BCUT2D eigenvalue weighted by molar-refractivity contribution is 6.32. The molecule has 2 nitrogen and oxygen atoms in total. The first-order valence-corrected chi connectivity index (χ1v) is 5.15. The van der Waals surface area contributed by atoms with Crippen molar-refractivity contribution in [1.29, 1.82) is 0 Å². The van der Waals surface area contributed by atoms with Crippen LogP contribution in [0, 0.1) is 19.3 Å². The first kappa shape index (κ1) is 11.9. The molecule has 0 saturated heterocycles. The van der Waals surface area contributed by atoms with E-state index in [0.29, 0.717) is 24.7 Å². The van der Waals surface area contributed by atoms with Gasteiger partial charge in [-0.3, -0.25) is 0 Å². The summed E-state index contributed by atoms with van der Waals surface area (Å²) in [7, 11) is 0. The average Bonchev–Trinajstić information content (AvgIpc) is 2.23. The van der Waals surface area contributed by atoms with Gasteiger partial charge in [-0.15, -0.1) is 6.42 Å². The molecule has 1 rings (SSSR count). The lowest BCUT2D eigenvalue weighted by Crippen LogP contribution is -2.21. The Balaban J connectivity index is 2.37. The van der Waals surface area contributed by atoms with Crippen LogP contribution in [0.15, 0.2) is 18.2 Å². The van der Waals surface area contributed by atoms with Crippen molar-refractivity contribution >= 4 is 11.6 Å². The van der Waals surface area contributed by atoms with Crippen LogP contribution in [0.25, 0.3) is 0 Å². The molecule has 3 heteroatoms. The van der Waals surface area contributed by atoms with E-state index in [-0.39, 0.29) is 0 Å². The monoisotopic (exact) mass is 223 g/mol. The summed E-state index contributed by atoms with van der Waals surface area (Å²) < 4.78 is 5.50. The van der Waals surface area contributed by atoms with Gasteiger partial charge < -0.3 is 10.1 Å². The number of hydrogen-bond donors (Lipinski definition) is 1. The molecule has 80 valence electrons. The first-order chi connectivity index (χ1) is 7.24. The van der Waals surface area contributed by atoms with Crippen LogP contribution in [-0.4, -0.2) is 19.7 Å². The molecule has 15 heavy (non-hydrogen) atoms. The molecule has 0 fully saturated rings. The van der Waals surface area contributed by atoms with Gasteiger partial charge >= 0.3 is 0 Å². The number of terminal acetylenes is 1. The summed E-state index contributed by atoms with van der Waals surface area (Å²) in [5.41, 5.74) is 1.13. The number of ether oxygens (including phenoxy) is 1. The first-order valence-electron chi connectivity index (χ1n) is 4.77. The number of aryl methyl sites for hydroxylation is 1. The fourth-order valence-corrected chi connectivity index (χ4v) is 1.29. The second-order valence-electron chi connectivity index (χ2n) is 3.16. The fraction of sp³-hybridized carbons (Fsp3) is 0.333. The standard InChI is InChI=1S/C12H14ClNO/c1-3-6-14-7-8-15-12-9-10(2)4-5-11(12)13/h1,4-5,9,14H,6-8H2,2H3. The minimum atomic E-state index is 0.560. The molecule has 0 atom stereocenters. The lowest BCUT2D eigenvalue weighted by Gasteiger charge is -2.08. The van der Waals surface area contributed by atoms with E-state index in [1.165, 1.54) is 0 Å². The van der Waals surface area contributed by atoms with Crippen molar-refractivity contribution in [2.45, 2.75) is 6.92 Å². The second-order valence-corrected chi connectivity index (χ2v) is 3.57. The van der Waals surface area contributed by atoms with Gasteiger partial charge in [0, 0.05) is 6.54 Å². The molecule has 0 spiro atoms.